The van der Waals surface area contributed by atoms with E-state index in [-0.39, 0.29) is 22.3 Å². The molecular formula is C14H8ClFN2O2. The normalized spacial score (nSPS) is 10.7. The second-order valence-corrected chi connectivity index (χ2v) is 4.43. The number of aldehydes is 1. The molecule has 0 unspecified atom stereocenters. The lowest BCUT2D eigenvalue weighted by molar-refractivity contribution is 0.111. The average molecular weight is 291 g/mol. The minimum atomic E-state index is -0.465. The molecule has 1 aromatic carbocycles. The van der Waals surface area contributed by atoms with Crippen molar-refractivity contribution < 1.29 is 13.9 Å². The summed E-state index contributed by atoms with van der Waals surface area (Å²) in [5.74, 6) is -0.104. The molecule has 0 aliphatic heterocycles. The van der Waals surface area contributed by atoms with E-state index >= 15 is 0 Å². The average Bonchev–Trinajstić information content (AvgIpc) is 2.79. The quantitative estimate of drug-likeness (QED) is 0.690. The molecule has 3 rings (SSSR count). The molecule has 2 aromatic heterocycles. The fourth-order valence-electron chi connectivity index (χ4n) is 1.84. The van der Waals surface area contributed by atoms with Gasteiger partial charge in [0.05, 0.1) is 5.02 Å². The van der Waals surface area contributed by atoms with Crippen molar-refractivity contribution in [3.05, 3.63) is 59.1 Å². The predicted molar refractivity (Wildman–Crippen MR) is 72.1 cm³/mol. The summed E-state index contributed by atoms with van der Waals surface area (Å²) in [6.45, 7) is 0. The minimum Gasteiger partial charge on any atom is -0.435 e. The van der Waals surface area contributed by atoms with Crippen molar-refractivity contribution in [2.24, 2.45) is 0 Å². The molecule has 0 aliphatic carbocycles. The SMILES string of the molecule is O=Cc1c(Oc2ccc(F)cc2Cl)nc2ccccn12. The lowest BCUT2D eigenvalue weighted by Gasteiger charge is -2.05. The van der Waals surface area contributed by atoms with Crippen LogP contribution >= 0.6 is 11.6 Å². The number of hydrogen-bond acceptors (Lipinski definition) is 3. The fourth-order valence-corrected chi connectivity index (χ4v) is 2.04. The number of benzene rings is 1. The maximum absolute atomic E-state index is 13.0. The summed E-state index contributed by atoms with van der Waals surface area (Å²) in [5, 5.41) is 0.110. The van der Waals surface area contributed by atoms with Crippen LogP contribution in [0.15, 0.2) is 42.6 Å². The van der Waals surface area contributed by atoms with Crippen LogP contribution in [-0.4, -0.2) is 15.7 Å². The van der Waals surface area contributed by atoms with Crippen molar-refractivity contribution in [2.75, 3.05) is 0 Å². The number of pyridine rings is 1. The molecule has 0 fully saturated rings. The second kappa shape index (κ2) is 4.94. The number of aromatic nitrogens is 2. The topological polar surface area (TPSA) is 43.6 Å². The number of nitrogens with zero attached hydrogens (tertiary/aromatic N) is 2. The van der Waals surface area contributed by atoms with E-state index in [1.807, 2.05) is 0 Å². The minimum absolute atomic E-state index is 0.110. The van der Waals surface area contributed by atoms with Crippen LogP contribution in [0.5, 0.6) is 11.6 Å². The van der Waals surface area contributed by atoms with E-state index in [4.69, 9.17) is 16.3 Å². The first-order chi connectivity index (χ1) is 9.69. The zero-order chi connectivity index (χ0) is 14.1. The Hall–Kier alpha value is -2.40. The molecule has 0 N–H and O–H groups in total. The number of carbonyl (C=O) groups is 1. The summed E-state index contributed by atoms with van der Waals surface area (Å²) in [6.07, 6.45) is 2.35. The van der Waals surface area contributed by atoms with Gasteiger partial charge in [0.1, 0.15) is 17.2 Å². The van der Waals surface area contributed by atoms with E-state index in [2.05, 4.69) is 4.98 Å². The van der Waals surface area contributed by atoms with E-state index in [0.29, 0.717) is 11.9 Å². The Morgan fingerprint density at radius 2 is 2.15 bits per heavy atom. The van der Waals surface area contributed by atoms with Crippen LogP contribution in [0.2, 0.25) is 5.02 Å². The van der Waals surface area contributed by atoms with Crippen LogP contribution in [0.4, 0.5) is 4.39 Å². The van der Waals surface area contributed by atoms with Crippen molar-refractivity contribution >= 4 is 23.5 Å². The maximum Gasteiger partial charge on any atom is 0.249 e. The largest absolute Gasteiger partial charge is 0.435 e. The molecule has 0 saturated heterocycles. The Balaban J connectivity index is 2.08. The fraction of sp³-hybridized carbons (Fsp3) is 0. The van der Waals surface area contributed by atoms with Crippen LogP contribution < -0.4 is 4.74 Å². The van der Waals surface area contributed by atoms with E-state index in [1.165, 1.54) is 12.1 Å². The van der Waals surface area contributed by atoms with Gasteiger partial charge >= 0.3 is 0 Å². The Kier molecular flexibility index (Phi) is 3.12. The number of carbonyl (C=O) groups excluding carboxylic acids is 1. The van der Waals surface area contributed by atoms with E-state index in [0.717, 1.165) is 6.07 Å². The molecular weight excluding hydrogens is 283 g/mol. The lowest BCUT2D eigenvalue weighted by atomic mass is 10.3. The first-order valence-electron chi connectivity index (χ1n) is 5.74. The Labute approximate surface area is 118 Å². The highest BCUT2D eigenvalue weighted by Crippen LogP contribution is 2.31. The van der Waals surface area contributed by atoms with Crippen molar-refractivity contribution in [2.45, 2.75) is 0 Å². The molecule has 3 aromatic rings. The monoisotopic (exact) mass is 290 g/mol. The van der Waals surface area contributed by atoms with Crippen LogP contribution in [0, 0.1) is 5.82 Å². The number of imidazole rings is 1. The van der Waals surface area contributed by atoms with Crippen LogP contribution in [0.1, 0.15) is 10.5 Å². The summed E-state index contributed by atoms with van der Waals surface area (Å²) in [7, 11) is 0. The molecule has 100 valence electrons. The highest BCUT2D eigenvalue weighted by atomic mass is 35.5. The summed E-state index contributed by atoms with van der Waals surface area (Å²) in [5.41, 5.74) is 0.837. The molecule has 0 spiro atoms. The van der Waals surface area contributed by atoms with Gasteiger partial charge < -0.3 is 4.74 Å². The third kappa shape index (κ3) is 2.12. The van der Waals surface area contributed by atoms with Gasteiger partial charge in [-0.25, -0.2) is 4.39 Å². The van der Waals surface area contributed by atoms with Crippen LogP contribution in [-0.2, 0) is 0 Å². The standard InChI is InChI=1S/C14H8ClFN2O2/c15-10-7-9(16)4-5-12(10)20-14-11(8-19)18-6-2-1-3-13(18)17-14/h1-8H. The summed E-state index contributed by atoms with van der Waals surface area (Å²) < 4.78 is 20.1. The first-order valence-corrected chi connectivity index (χ1v) is 6.12. The van der Waals surface area contributed by atoms with Gasteiger partial charge in [0.2, 0.25) is 5.88 Å². The van der Waals surface area contributed by atoms with Gasteiger partial charge in [-0.2, -0.15) is 4.98 Å². The molecule has 2 heterocycles. The van der Waals surface area contributed by atoms with E-state index in [1.54, 1.807) is 28.8 Å². The second-order valence-electron chi connectivity index (χ2n) is 4.03. The highest BCUT2D eigenvalue weighted by molar-refractivity contribution is 6.32. The number of rotatable bonds is 3. The van der Waals surface area contributed by atoms with Crippen molar-refractivity contribution in [1.82, 2.24) is 9.38 Å². The smallest absolute Gasteiger partial charge is 0.249 e. The maximum atomic E-state index is 13.0. The molecule has 0 aliphatic rings. The van der Waals surface area contributed by atoms with E-state index in [9.17, 15) is 9.18 Å². The van der Waals surface area contributed by atoms with Crippen LogP contribution in [0.3, 0.4) is 0 Å². The molecule has 0 radical (unpaired) electrons. The molecule has 0 saturated carbocycles. The highest BCUT2D eigenvalue weighted by Gasteiger charge is 2.14. The number of halogens is 2. The molecule has 20 heavy (non-hydrogen) atoms. The predicted octanol–water partition coefficient (Wildman–Crippen LogP) is 3.73. The van der Waals surface area contributed by atoms with Crippen molar-refractivity contribution in [3.8, 4) is 11.6 Å². The Morgan fingerprint density at radius 1 is 1.30 bits per heavy atom. The van der Waals surface area contributed by atoms with Gasteiger partial charge in [-0.15, -0.1) is 0 Å². The Morgan fingerprint density at radius 3 is 2.90 bits per heavy atom. The molecule has 0 bridgehead atoms. The van der Waals surface area contributed by atoms with Gasteiger partial charge in [-0.3, -0.25) is 9.20 Å². The Bertz CT molecular complexity index is 801. The first kappa shape index (κ1) is 12.6. The number of ether oxygens (including phenoxy) is 1. The van der Waals surface area contributed by atoms with Gasteiger partial charge in [0.15, 0.2) is 12.0 Å². The van der Waals surface area contributed by atoms with Gasteiger partial charge in [0.25, 0.3) is 0 Å². The number of hydrogen-bond donors (Lipinski definition) is 0. The van der Waals surface area contributed by atoms with Gasteiger partial charge in [-0.05, 0) is 30.3 Å². The summed E-state index contributed by atoms with van der Waals surface area (Å²) in [6, 6.07) is 9.05. The summed E-state index contributed by atoms with van der Waals surface area (Å²) in [4.78, 5) is 15.4. The molecule has 0 amide bonds. The third-order valence-electron chi connectivity index (χ3n) is 2.75. The van der Waals surface area contributed by atoms with E-state index < -0.39 is 5.82 Å². The van der Waals surface area contributed by atoms with Crippen molar-refractivity contribution in [1.29, 1.82) is 0 Å². The van der Waals surface area contributed by atoms with Gasteiger partial charge in [-0.1, -0.05) is 17.7 Å². The summed E-state index contributed by atoms with van der Waals surface area (Å²) >= 11 is 5.89. The van der Waals surface area contributed by atoms with Crippen LogP contribution in [0.25, 0.3) is 5.65 Å². The molecule has 4 nitrogen and oxygen atoms in total. The zero-order valence-corrected chi connectivity index (χ0v) is 10.8. The molecule has 0 atom stereocenters. The zero-order valence-electron chi connectivity index (χ0n) is 10.1. The molecule has 6 heteroatoms. The van der Waals surface area contributed by atoms with Crippen molar-refractivity contribution in [3.63, 3.8) is 0 Å². The van der Waals surface area contributed by atoms with Gasteiger partial charge in [0, 0.05) is 6.20 Å². The lowest BCUT2D eigenvalue weighted by Crippen LogP contribution is -1.93. The number of fused-ring (bicyclic) bond motifs is 1. The third-order valence-corrected chi connectivity index (χ3v) is 3.04.